The molecular weight excluding hydrogens is 434 g/mol. The third-order valence-corrected chi connectivity index (χ3v) is 4.37. The number of carbonyl (C=O) groups is 1. The van der Waals surface area contributed by atoms with E-state index in [2.05, 4.69) is 9.72 Å². The largest absolute Gasteiger partial charge is 0.490 e. The van der Waals surface area contributed by atoms with Crippen LogP contribution in [0.15, 0.2) is 59.5 Å². The van der Waals surface area contributed by atoms with E-state index < -0.39 is 18.2 Å². The van der Waals surface area contributed by atoms with Gasteiger partial charge in [0.1, 0.15) is 11.9 Å². The van der Waals surface area contributed by atoms with Crippen LogP contribution in [0.4, 0.5) is 20.2 Å². The fraction of sp³-hybridized carbons (Fsp3) is 0.333. The molecule has 0 N–H and O–H groups in total. The number of hydrogen-bond acceptors (Lipinski definition) is 7. The van der Waals surface area contributed by atoms with Crippen molar-refractivity contribution in [1.29, 1.82) is 0 Å². The van der Waals surface area contributed by atoms with Crippen LogP contribution >= 0.6 is 0 Å². The second-order valence-electron chi connectivity index (χ2n) is 8.06. The van der Waals surface area contributed by atoms with E-state index in [1.165, 1.54) is 18.7 Å². The van der Waals surface area contributed by atoms with E-state index in [0.717, 1.165) is 5.69 Å². The van der Waals surface area contributed by atoms with E-state index in [-0.39, 0.29) is 18.1 Å². The molecule has 0 unspecified atom stereocenters. The zero-order valence-electron chi connectivity index (χ0n) is 18.9. The molecule has 0 radical (unpaired) electrons. The van der Waals surface area contributed by atoms with Crippen LogP contribution in [0.5, 0.6) is 11.5 Å². The molecule has 0 aliphatic carbocycles. The Kier molecular flexibility index (Phi) is 7.52. The van der Waals surface area contributed by atoms with Gasteiger partial charge in [0.2, 0.25) is 0 Å². The quantitative estimate of drug-likeness (QED) is 0.364. The van der Waals surface area contributed by atoms with Crippen molar-refractivity contribution in [2.75, 3.05) is 11.5 Å². The van der Waals surface area contributed by atoms with Gasteiger partial charge in [-0.25, -0.2) is 9.78 Å². The standard InChI is InChI=1S/C24H26F2N2O5/c1-5-31-21-12-19(10-11-20(21)32-23(25)26)28(13-17-14-30-15-27-17)18-8-6-16(7-9-18)22(29)33-24(2,3)4/h6-12,14-15,23H,5,13H2,1-4H3. The van der Waals surface area contributed by atoms with Crippen molar-refractivity contribution in [2.24, 2.45) is 0 Å². The van der Waals surface area contributed by atoms with Crippen LogP contribution in [0.1, 0.15) is 43.7 Å². The zero-order valence-corrected chi connectivity index (χ0v) is 18.9. The lowest BCUT2D eigenvalue weighted by atomic mass is 10.1. The maximum Gasteiger partial charge on any atom is 0.387 e. The number of halogens is 2. The van der Waals surface area contributed by atoms with Crippen LogP contribution < -0.4 is 14.4 Å². The summed E-state index contributed by atoms with van der Waals surface area (Å²) in [4.78, 5) is 18.4. The maximum atomic E-state index is 12.8. The number of benzene rings is 2. The fourth-order valence-electron chi connectivity index (χ4n) is 3.05. The summed E-state index contributed by atoms with van der Waals surface area (Å²) in [5.74, 6) is -0.299. The van der Waals surface area contributed by atoms with Crippen LogP contribution in [0.2, 0.25) is 0 Å². The summed E-state index contributed by atoms with van der Waals surface area (Å²) < 4.78 is 46.1. The Balaban J connectivity index is 1.95. The number of oxazole rings is 1. The Bertz CT molecular complexity index is 1050. The minimum absolute atomic E-state index is 0.0581. The molecule has 0 aliphatic rings. The first-order valence-corrected chi connectivity index (χ1v) is 10.4. The first-order chi connectivity index (χ1) is 15.7. The predicted molar refractivity (Wildman–Crippen MR) is 118 cm³/mol. The third-order valence-electron chi connectivity index (χ3n) is 4.37. The average molecular weight is 460 g/mol. The summed E-state index contributed by atoms with van der Waals surface area (Å²) in [5, 5.41) is 0. The monoisotopic (exact) mass is 460 g/mol. The summed E-state index contributed by atoms with van der Waals surface area (Å²) in [6.07, 6.45) is 2.84. The number of hydrogen-bond donors (Lipinski definition) is 0. The molecule has 9 heteroatoms. The lowest BCUT2D eigenvalue weighted by Gasteiger charge is -2.25. The Morgan fingerprint density at radius 2 is 1.79 bits per heavy atom. The summed E-state index contributed by atoms with van der Waals surface area (Å²) in [5.41, 5.74) is 1.83. The predicted octanol–water partition coefficient (Wildman–Crippen LogP) is 5.97. The number of rotatable bonds is 9. The number of esters is 1. The zero-order chi connectivity index (χ0) is 24.0. The van der Waals surface area contributed by atoms with Crippen LogP contribution in [0.3, 0.4) is 0 Å². The minimum Gasteiger partial charge on any atom is -0.490 e. The minimum atomic E-state index is -2.97. The molecule has 0 amide bonds. The van der Waals surface area contributed by atoms with E-state index in [9.17, 15) is 13.6 Å². The number of anilines is 2. The highest BCUT2D eigenvalue weighted by Gasteiger charge is 2.20. The van der Waals surface area contributed by atoms with Crippen molar-refractivity contribution in [3.63, 3.8) is 0 Å². The highest BCUT2D eigenvalue weighted by Crippen LogP contribution is 2.36. The summed E-state index contributed by atoms with van der Waals surface area (Å²) in [7, 11) is 0. The number of ether oxygens (including phenoxy) is 3. The van der Waals surface area contributed by atoms with E-state index in [1.54, 1.807) is 64.1 Å². The number of alkyl halides is 2. The van der Waals surface area contributed by atoms with Crippen molar-refractivity contribution in [2.45, 2.75) is 46.5 Å². The highest BCUT2D eigenvalue weighted by atomic mass is 19.3. The normalized spacial score (nSPS) is 11.4. The van der Waals surface area contributed by atoms with Crippen molar-refractivity contribution in [1.82, 2.24) is 4.98 Å². The van der Waals surface area contributed by atoms with E-state index in [0.29, 0.717) is 23.5 Å². The Labute approximate surface area is 190 Å². The second kappa shape index (κ2) is 10.3. The fourth-order valence-corrected chi connectivity index (χ4v) is 3.05. The van der Waals surface area contributed by atoms with Crippen LogP contribution in [-0.2, 0) is 11.3 Å². The molecule has 1 heterocycles. The van der Waals surface area contributed by atoms with Crippen molar-refractivity contribution < 1.29 is 32.2 Å². The van der Waals surface area contributed by atoms with Crippen molar-refractivity contribution in [3.05, 3.63) is 66.4 Å². The molecule has 3 rings (SSSR count). The molecule has 0 bridgehead atoms. The van der Waals surface area contributed by atoms with Gasteiger partial charge >= 0.3 is 12.6 Å². The molecule has 7 nitrogen and oxygen atoms in total. The van der Waals surface area contributed by atoms with Gasteiger partial charge in [0.05, 0.1) is 24.4 Å². The molecule has 176 valence electrons. The smallest absolute Gasteiger partial charge is 0.387 e. The lowest BCUT2D eigenvalue weighted by molar-refractivity contribution is -0.0514. The van der Waals surface area contributed by atoms with Gasteiger partial charge in [-0.15, -0.1) is 0 Å². The molecule has 3 aromatic rings. The molecule has 0 saturated carbocycles. The molecule has 0 aliphatic heterocycles. The topological polar surface area (TPSA) is 74.0 Å². The summed E-state index contributed by atoms with van der Waals surface area (Å²) in [6.45, 7) is 4.78. The molecular formula is C24H26F2N2O5. The molecule has 0 spiro atoms. The number of carbonyl (C=O) groups excluding carboxylic acids is 1. The molecule has 1 aromatic heterocycles. The van der Waals surface area contributed by atoms with E-state index in [4.69, 9.17) is 13.9 Å². The van der Waals surface area contributed by atoms with Gasteiger partial charge in [0.25, 0.3) is 0 Å². The van der Waals surface area contributed by atoms with Gasteiger partial charge < -0.3 is 23.5 Å². The van der Waals surface area contributed by atoms with Crippen LogP contribution in [0, 0.1) is 0 Å². The molecule has 0 fully saturated rings. The van der Waals surface area contributed by atoms with Crippen molar-refractivity contribution in [3.8, 4) is 11.5 Å². The maximum absolute atomic E-state index is 12.8. The van der Waals surface area contributed by atoms with E-state index in [1.807, 2.05) is 4.90 Å². The molecule has 33 heavy (non-hydrogen) atoms. The average Bonchev–Trinajstić information content (AvgIpc) is 3.25. The van der Waals surface area contributed by atoms with Gasteiger partial charge in [-0.3, -0.25) is 0 Å². The Morgan fingerprint density at radius 3 is 2.36 bits per heavy atom. The van der Waals surface area contributed by atoms with Gasteiger partial charge in [-0.2, -0.15) is 8.78 Å². The first kappa shape index (κ1) is 24.0. The molecule has 2 aromatic carbocycles. The van der Waals surface area contributed by atoms with Crippen LogP contribution in [0.25, 0.3) is 0 Å². The SMILES string of the molecule is CCOc1cc(N(Cc2cocn2)c2ccc(C(=O)OC(C)(C)C)cc2)ccc1OC(F)F. The van der Waals surface area contributed by atoms with Gasteiger partial charge in [0.15, 0.2) is 17.9 Å². The lowest BCUT2D eigenvalue weighted by Crippen LogP contribution is -2.24. The third kappa shape index (κ3) is 6.68. The first-order valence-electron chi connectivity index (χ1n) is 10.4. The highest BCUT2D eigenvalue weighted by molar-refractivity contribution is 5.90. The van der Waals surface area contributed by atoms with Gasteiger partial charge in [-0.05, 0) is 64.1 Å². The molecule has 0 saturated heterocycles. The van der Waals surface area contributed by atoms with Crippen LogP contribution in [-0.4, -0.2) is 29.8 Å². The summed E-state index contributed by atoms with van der Waals surface area (Å²) in [6, 6.07) is 11.5. The Morgan fingerprint density at radius 1 is 1.09 bits per heavy atom. The van der Waals surface area contributed by atoms with Crippen molar-refractivity contribution >= 4 is 17.3 Å². The number of aromatic nitrogens is 1. The van der Waals surface area contributed by atoms with Gasteiger partial charge in [0, 0.05) is 17.4 Å². The Hall–Kier alpha value is -3.62. The van der Waals surface area contributed by atoms with E-state index >= 15 is 0 Å². The van der Waals surface area contributed by atoms with Gasteiger partial charge in [-0.1, -0.05) is 0 Å². The second-order valence-corrected chi connectivity index (χ2v) is 8.06. The summed E-state index contributed by atoms with van der Waals surface area (Å²) >= 11 is 0. The molecule has 0 atom stereocenters. The number of nitrogens with zero attached hydrogens (tertiary/aromatic N) is 2.